The molecular formula is C26H33N5OS. The average Bonchev–Trinajstić information content (AvgIpc) is 3.27. The van der Waals surface area contributed by atoms with Gasteiger partial charge < -0.3 is 10.2 Å². The molecule has 7 heteroatoms. The summed E-state index contributed by atoms with van der Waals surface area (Å²) in [6.45, 7) is 8.87. The molecular weight excluding hydrogens is 430 g/mol. The van der Waals surface area contributed by atoms with Crippen molar-refractivity contribution in [3.8, 4) is 0 Å². The number of carbonyl (C=O) groups excluding carboxylic acids is 1. The van der Waals surface area contributed by atoms with Gasteiger partial charge in [-0.25, -0.2) is 4.98 Å². The molecule has 1 aromatic heterocycles. The molecule has 2 aromatic carbocycles. The number of thiazole rings is 1. The summed E-state index contributed by atoms with van der Waals surface area (Å²) in [5.74, 6) is 0.0698. The molecule has 0 spiro atoms. The minimum Gasteiger partial charge on any atom is -0.372 e. The van der Waals surface area contributed by atoms with Gasteiger partial charge in [0.05, 0.1) is 22.8 Å². The second-order valence-corrected chi connectivity index (χ2v) is 10.3. The summed E-state index contributed by atoms with van der Waals surface area (Å²) >= 11 is 1.78. The molecule has 0 radical (unpaired) electrons. The summed E-state index contributed by atoms with van der Waals surface area (Å²) < 4.78 is 1.25. The number of para-hydroxylation sites is 1. The van der Waals surface area contributed by atoms with Crippen LogP contribution in [0.3, 0.4) is 0 Å². The van der Waals surface area contributed by atoms with Gasteiger partial charge in [-0.3, -0.25) is 14.6 Å². The third-order valence-corrected chi connectivity index (χ3v) is 7.91. The quantitative estimate of drug-likeness (QED) is 0.586. The maximum Gasteiger partial charge on any atom is 0.241 e. The molecule has 5 rings (SSSR count). The fourth-order valence-corrected chi connectivity index (χ4v) is 5.82. The molecule has 0 saturated carbocycles. The predicted molar refractivity (Wildman–Crippen MR) is 137 cm³/mol. The van der Waals surface area contributed by atoms with Gasteiger partial charge in [0.1, 0.15) is 5.01 Å². The standard InChI is InChI=1S/C26H33N5OS/c1-20(26(32)27-21-9-11-22(12-10-21)31-13-5-2-6-14-31)30-17-15-29(16-18-30)19-25-28-23-7-3-4-8-24(23)33-25/h3-4,7-12,20H,2,5-6,13-19H2,1H3,(H,27,32)/t20-/m1/s1. The molecule has 0 unspecified atom stereocenters. The molecule has 3 aromatic rings. The van der Waals surface area contributed by atoms with Crippen molar-refractivity contribution in [2.24, 2.45) is 0 Å². The average molecular weight is 464 g/mol. The normalized spacial score (nSPS) is 19.0. The number of piperazine rings is 1. The first-order chi connectivity index (χ1) is 16.2. The summed E-state index contributed by atoms with van der Waals surface area (Å²) in [4.78, 5) is 24.8. The molecule has 1 atom stereocenters. The highest BCUT2D eigenvalue weighted by atomic mass is 32.1. The Labute approximate surface area is 200 Å². The maximum absolute atomic E-state index is 12.9. The fraction of sp³-hybridized carbons (Fsp3) is 0.462. The fourth-order valence-electron chi connectivity index (χ4n) is 4.81. The largest absolute Gasteiger partial charge is 0.372 e. The monoisotopic (exact) mass is 463 g/mol. The Kier molecular flexibility index (Phi) is 6.90. The third kappa shape index (κ3) is 5.37. The molecule has 0 aliphatic carbocycles. The zero-order valence-corrected chi connectivity index (χ0v) is 20.2. The number of hydrogen-bond donors (Lipinski definition) is 1. The van der Waals surface area contributed by atoms with Crippen molar-refractivity contribution in [2.45, 2.75) is 38.8 Å². The van der Waals surface area contributed by atoms with Crippen molar-refractivity contribution < 1.29 is 4.79 Å². The Balaban J connectivity index is 1.10. The molecule has 33 heavy (non-hydrogen) atoms. The van der Waals surface area contributed by atoms with Crippen LogP contribution in [0.15, 0.2) is 48.5 Å². The first-order valence-electron chi connectivity index (χ1n) is 12.1. The molecule has 2 aliphatic heterocycles. The highest BCUT2D eigenvalue weighted by molar-refractivity contribution is 7.18. The minimum absolute atomic E-state index is 0.0698. The lowest BCUT2D eigenvalue weighted by Gasteiger charge is -2.37. The predicted octanol–water partition coefficient (Wildman–Crippen LogP) is 4.43. The first kappa shape index (κ1) is 22.3. The number of piperidine rings is 1. The number of aromatic nitrogens is 1. The highest BCUT2D eigenvalue weighted by Crippen LogP contribution is 2.24. The van der Waals surface area contributed by atoms with E-state index in [2.05, 4.69) is 50.3 Å². The summed E-state index contributed by atoms with van der Waals surface area (Å²) in [5.41, 5.74) is 3.22. The Morgan fingerprint density at radius 3 is 2.42 bits per heavy atom. The van der Waals surface area contributed by atoms with Crippen LogP contribution in [0, 0.1) is 0 Å². The van der Waals surface area contributed by atoms with Crippen molar-refractivity contribution >= 4 is 38.8 Å². The van der Waals surface area contributed by atoms with Crippen LogP contribution in [-0.2, 0) is 11.3 Å². The van der Waals surface area contributed by atoms with E-state index in [4.69, 9.17) is 4.98 Å². The zero-order valence-electron chi connectivity index (χ0n) is 19.4. The van der Waals surface area contributed by atoms with Gasteiger partial charge in [-0.05, 0) is 62.6 Å². The second kappa shape index (κ2) is 10.2. The summed E-state index contributed by atoms with van der Waals surface area (Å²) in [6, 6.07) is 16.5. The van der Waals surface area contributed by atoms with Crippen LogP contribution in [0.25, 0.3) is 10.2 Å². The molecule has 2 saturated heterocycles. The highest BCUT2D eigenvalue weighted by Gasteiger charge is 2.26. The van der Waals surface area contributed by atoms with Crippen LogP contribution in [-0.4, -0.2) is 66.0 Å². The van der Waals surface area contributed by atoms with E-state index >= 15 is 0 Å². The Morgan fingerprint density at radius 1 is 0.970 bits per heavy atom. The van der Waals surface area contributed by atoms with Crippen LogP contribution in [0.5, 0.6) is 0 Å². The second-order valence-electron chi connectivity index (χ2n) is 9.15. The number of hydrogen-bond acceptors (Lipinski definition) is 6. The van der Waals surface area contributed by atoms with Gasteiger partial charge >= 0.3 is 0 Å². The lowest BCUT2D eigenvalue weighted by atomic mass is 10.1. The number of nitrogens with one attached hydrogen (secondary N) is 1. The summed E-state index contributed by atoms with van der Waals surface area (Å²) in [6.07, 6.45) is 3.87. The first-order valence-corrected chi connectivity index (χ1v) is 12.9. The van der Waals surface area contributed by atoms with E-state index in [-0.39, 0.29) is 11.9 Å². The van der Waals surface area contributed by atoms with Gasteiger partial charge in [0.2, 0.25) is 5.91 Å². The SMILES string of the molecule is C[C@H](C(=O)Nc1ccc(N2CCCCC2)cc1)N1CCN(Cc2nc3ccccc3s2)CC1. The molecule has 6 nitrogen and oxygen atoms in total. The molecule has 1 amide bonds. The van der Waals surface area contributed by atoms with Crippen LogP contribution in [0.2, 0.25) is 0 Å². The van der Waals surface area contributed by atoms with Crippen molar-refractivity contribution in [2.75, 3.05) is 49.5 Å². The Bertz CT molecular complexity index is 1030. The van der Waals surface area contributed by atoms with E-state index in [1.165, 1.54) is 34.7 Å². The summed E-state index contributed by atoms with van der Waals surface area (Å²) in [7, 11) is 0. The topological polar surface area (TPSA) is 51.7 Å². The maximum atomic E-state index is 12.9. The van der Waals surface area contributed by atoms with Gasteiger partial charge in [-0.1, -0.05) is 12.1 Å². The van der Waals surface area contributed by atoms with E-state index < -0.39 is 0 Å². The van der Waals surface area contributed by atoms with Gasteiger partial charge in [0.25, 0.3) is 0 Å². The van der Waals surface area contributed by atoms with Crippen LogP contribution < -0.4 is 10.2 Å². The molecule has 1 N–H and O–H groups in total. The molecule has 3 heterocycles. The van der Waals surface area contributed by atoms with Crippen LogP contribution >= 0.6 is 11.3 Å². The van der Waals surface area contributed by atoms with Gasteiger partial charge in [-0.15, -0.1) is 11.3 Å². The van der Waals surface area contributed by atoms with Crippen molar-refractivity contribution in [1.29, 1.82) is 0 Å². The number of nitrogens with zero attached hydrogens (tertiary/aromatic N) is 4. The zero-order chi connectivity index (χ0) is 22.6. The molecule has 2 fully saturated rings. The van der Waals surface area contributed by atoms with Crippen LogP contribution in [0.4, 0.5) is 11.4 Å². The van der Waals surface area contributed by atoms with E-state index in [9.17, 15) is 4.79 Å². The third-order valence-electron chi connectivity index (χ3n) is 6.89. The van der Waals surface area contributed by atoms with Gasteiger partial charge in [0.15, 0.2) is 0 Å². The van der Waals surface area contributed by atoms with Crippen molar-refractivity contribution in [1.82, 2.24) is 14.8 Å². The van der Waals surface area contributed by atoms with Gasteiger partial charge in [0, 0.05) is 50.6 Å². The molecule has 2 aliphatic rings. The summed E-state index contributed by atoms with van der Waals surface area (Å²) in [5, 5.41) is 4.28. The minimum atomic E-state index is -0.142. The number of anilines is 2. The van der Waals surface area contributed by atoms with Crippen molar-refractivity contribution in [3.63, 3.8) is 0 Å². The lowest BCUT2D eigenvalue weighted by Crippen LogP contribution is -2.52. The number of benzene rings is 2. The van der Waals surface area contributed by atoms with E-state index in [1.54, 1.807) is 11.3 Å². The molecule has 0 bridgehead atoms. The van der Waals surface area contributed by atoms with E-state index in [0.29, 0.717) is 0 Å². The smallest absolute Gasteiger partial charge is 0.241 e. The van der Waals surface area contributed by atoms with Crippen molar-refractivity contribution in [3.05, 3.63) is 53.5 Å². The van der Waals surface area contributed by atoms with Crippen LogP contribution in [0.1, 0.15) is 31.2 Å². The Hall–Kier alpha value is -2.48. The number of amides is 1. The van der Waals surface area contributed by atoms with E-state index in [0.717, 1.165) is 57.0 Å². The Morgan fingerprint density at radius 2 is 1.70 bits per heavy atom. The van der Waals surface area contributed by atoms with E-state index in [1.807, 2.05) is 25.1 Å². The number of rotatable bonds is 6. The number of fused-ring (bicyclic) bond motifs is 1. The number of carbonyl (C=O) groups is 1. The molecule has 174 valence electrons. The lowest BCUT2D eigenvalue weighted by molar-refractivity contribution is -0.121. The van der Waals surface area contributed by atoms with Gasteiger partial charge in [-0.2, -0.15) is 0 Å².